The van der Waals surface area contributed by atoms with Crippen molar-refractivity contribution in [2.75, 3.05) is 40.3 Å². The second-order valence-corrected chi connectivity index (χ2v) is 7.62. The van der Waals surface area contributed by atoms with Gasteiger partial charge in [0.1, 0.15) is 5.75 Å². The molecule has 0 aliphatic heterocycles. The molecule has 152 valence electrons. The Balaban J connectivity index is 1.82. The molecule has 1 aromatic rings. The monoisotopic (exact) mass is 374 g/mol. The van der Waals surface area contributed by atoms with Crippen LogP contribution < -0.4 is 15.4 Å². The average molecular weight is 375 g/mol. The Morgan fingerprint density at radius 3 is 2.56 bits per heavy atom. The van der Waals surface area contributed by atoms with E-state index in [0.717, 1.165) is 37.8 Å². The predicted octanol–water partition coefficient (Wildman–Crippen LogP) is 3.40. The Morgan fingerprint density at radius 1 is 1.26 bits per heavy atom. The van der Waals surface area contributed by atoms with E-state index < -0.39 is 0 Å². The topological polar surface area (TPSA) is 48.9 Å². The molecular weight excluding hydrogens is 336 g/mol. The second-order valence-electron chi connectivity index (χ2n) is 7.62. The van der Waals surface area contributed by atoms with Crippen LogP contribution in [-0.4, -0.2) is 57.2 Å². The van der Waals surface area contributed by atoms with Crippen LogP contribution in [0, 0.1) is 0 Å². The SMILES string of the molecule is CCN(CC)CCCC(C)NC(=NC)NCC1(c2ccccc2OC)CC1. The number of para-hydroxylation sites is 1. The van der Waals surface area contributed by atoms with Gasteiger partial charge in [-0.15, -0.1) is 0 Å². The summed E-state index contributed by atoms with van der Waals surface area (Å²) < 4.78 is 5.57. The highest BCUT2D eigenvalue weighted by atomic mass is 16.5. The molecule has 1 unspecified atom stereocenters. The Kier molecular flexibility index (Phi) is 8.42. The van der Waals surface area contributed by atoms with E-state index in [-0.39, 0.29) is 5.41 Å². The lowest BCUT2D eigenvalue weighted by atomic mass is 9.95. The summed E-state index contributed by atoms with van der Waals surface area (Å²) in [5, 5.41) is 7.09. The molecule has 1 aliphatic rings. The highest BCUT2D eigenvalue weighted by molar-refractivity contribution is 5.80. The average Bonchev–Trinajstić information content (AvgIpc) is 3.49. The lowest BCUT2D eigenvalue weighted by Crippen LogP contribution is -2.45. The first-order chi connectivity index (χ1) is 13.1. The zero-order valence-electron chi connectivity index (χ0n) is 17.8. The van der Waals surface area contributed by atoms with Crippen LogP contribution in [0.3, 0.4) is 0 Å². The Bertz CT molecular complexity index is 594. The van der Waals surface area contributed by atoms with Gasteiger partial charge in [-0.1, -0.05) is 32.0 Å². The molecule has 0 radical (unpaired) electrons. The molecule has 0 bridgehead atoms. The fourth-order valence-corrected chi connectivity index (χ4v) is 3.69. The maximum Gasteiger partial charge on any atom is 0.191 e. The standard InChI is InChI=1S/C22H38N4O/c1-6-26(7-2)16-10-11-18(3)25-21(23-4)24-17-22(14-15-22)19-12-8-9-13-20(19)27-5/h8-9,12-13,18H,6-7,10-11,14-17H2,1-5H3,(H2,23,24,25). The van der Waals surface area contributed by atoms with Crippen LogP contribution >= 0.6 is 0 Å². The van der Waals surface area contributed by atoms with Crippen molar-refractivity contribution in [3.63, 3.8) is 0 Å². The Morgan fingerprint density at radius 2 is 1.96 bits per heavy atom. The van der Waals surface area contributed by atoms with Crippen LogP contribution in [0.15, 0.2) is 29.3 Å². The van der Waals surface area contributed by atoms with Gasteiger partial charge in [0.25, 0.3) is 0 Å². The molecule has 2 rings (SSSR count). The van der Waals surface area contributed by atoms with Gasteiger partial charge in [-0.05, 0) is 58.3 Å². The molecule has 1 atom stereocenters. The van der Waals surface area contributed by atoms with Crippen molar-refractivity contribution in [2.24, 2.45) is 4.99 Å². The lowest BCUT2D eigenvalue weighted by Gasteiger charge is -2.23. The third-order valence-electron chi connectivity index (χ3n) is 5.74. The Labute approximate surface area is 165 Å². The third kappa shape index (κ3) is 6.13. The summed E-state index contributed by atoms with van der Waals surface area (Å²) in [6, 6.07) is 8.79. The normalized spacial score (nSPS) is 16.9. The summed E-state index contributed by atoms with van der Waals surface area (Å²) in [4.78, 5) is 6.90. The number of benzene rings is 1. The summed E-state index contributed by atoms with van der Waals surface area (Å²) in [6.45, 7) is 11.0. The molecule has 1 fully saturated rings. The van der Waals surface area contributed by atoms with E-state index in [1.54, 1.807) is 7.11 Å². The summed E-state index contributed by atoms with van der Waals surface area (Å²) in [5.41, 5.74) is 1.48. The van der Waals surface area contributed by atoms with Crippen molar-refractivity contribution in [2.45, 2.75) is 57.9 Å². The zero-order chi connectivity index (χ0) is 19.7. The summed E-state index contributed by atoms with van der Waals surface area (Å²) in [5.74, 6) is 1.89. The maximum atomic E-state index is 5.57. The van der Waals surface area contributed by atoms with E-state index in [1.807, 2.05) is 13.1 Å². The number of hydrogen-bond acceptors (Lipinski definition) is 3. The molecule has 27 heavy (non-hydrogen) atoms. The van der Waals surface area contributed by atoms with Crippen LogP contribution in [-0.2, 0) is 5.41 Å². The van der Waals surface area contributed by atoms with E-state index in [9.17, 15) is 0 Å². The minimum Gasteiger partial charge on any atom is -0.496 e. The molecule has 1 aromatic carbocycles. The summed E-state index contributed by atoms with van der Waals surface area (Å²) in [6.07, 6.45) is 4.74. The number of methoxy groups -OCH3 is 1. The fraction of sp³-hybridized carbons (Fsp3) is 0.682. The van der Waals surface area contributed by atoms with Crippen LogP contribution in [0.1, 0.15) is 52.0 Å². The minimum atomic E-state index is 0.177. The first-order valence-electron chi connectivity index (χ1n) is 10.4. The van der Waals surface area contributed by atoms with Crippen molar-refractivity contribution in [3.05, 3.63) is 29.8 Å². The molecule has 5 heteroatoms. The number of ether oxygens (including phenoxy) is 1. The molecular formula is C22H38N4O. The highest BCUT2D eigenvalue weighted by Gasteiger charge is 2.46. The first kappa shape index (κ1) is 21.5. The van der Waals surface area contributed by atoms with Gasteiger partial charge in [0.15, 0.2) is 5.96 Å². The van der Waals surface area contributed by atoms with Crippen LogP contribution in [0.5, 0.6) is 5.75 Å². The number of rotatable bonds is 11. The van der Waals surface area contributed by atoms with Crippen molar-refractivity contribution in [1.82, 2.24) is 15.5 Å². The predicted molar refractivity (Wildman–Crippen MR) is 115 cm³/mol. The molecule has 0 aromatic heterocycles. The minimum absolute atomic E-state index is 0.177. The van der Waals surface area contributed by atoms with E-state index in [0.29, 0.717) is 6.04 Å². The zero-order valence-corrected chi connectivity index (χ0v) is 17.8. The van der Waals surface area contributed by atoms with Gasteiger partial charge in [0, 0.05) is 30.6 Å². The van der Waals surface area contributed by atoms with Gasteiger partial charge >= 0.3 is 0 Å². The molecule has 5 nitrogen and oxygen atoms in total. The smallest absolute Gasteiger partial charge is 0.191 e. The van der Waals surface area contributed by atoms with Crippen molar-refractivity contribution in [3.8, 4) is 5.75 Å². The molecule has 0 heterocycles. The maximum absolute atomic E-state index is 5.57. The van der Waals surface area contributed by atoms with Crippen LogP contribution in [0.4, 0.5) is 0 Å². The van der Waals surface area contributed by atoms with Gasteiger partial charge in [0.05, 0.1) is 7.11 Å². The fourth-order valence-electron chi connectivity index (χ4n) is 3.69. The lowest BCUT2D eigenvalue weighted by molar-refractivity contribution is 0.292. The van der Waals surface area contributed by atoms with E-state index in [4.69, 9.17) is 4.74 Å². The quantitative estimate of drug-likeness (QED) is 0.460. The van der Waals surface area contributed by atoms with E-state index >= 15 is 0 Å². The molecule has 0 saturated heterocycles. The molecule has 1 aliphatic carbocycles. The first-order valence-corrected chi connectivity index (χ1v) is 10.4. The van der Waals surface area contributed by atoms with Crippen molar-refractivity contribution < 1.29 is 4.74 Å². The second kappa shape index (κ2) is 10.5. The van der Waals surface area contributed by atoms with E-state index in [1.165, 1.54) is 31.4 Å². The van der Waals surface area contributed by atoms with Crippen LogP contribution in [0.2, 0.25) is 0 Å². The number of nitrogens with zero attached hydrogens (tertiary/aromatic N) is 2. The van der Waals surface area contributed by atoms with Crippen LogP contribution in [0.25, 0.3) is 0 Å². The summed E-state index contributed by atoms with van der Waals surface area (Å²) >= 11 is 0. The number of aliphatic imine (C=N–C) groups is 1. The summed E-state index contributed by atoms with van der Waals surface area (Å²) in [7, 11) is 3.60. The Hall–Kier alpha value is -1.75. The number of nitrogens with one attached hydrogen (secondary N) is 2. The van der Waals surface area contributed by atoms with Crippen molar-refractivity contribution in [1.29, 1.82) is 0 Å². The van der Waals surface area contributed by atoms with Gasteiger partial charge < -0.3 is 20.3 Å². The van der Waals surface area contributed by atoms with Gasteiger partial charge in [-0.2, -0.15) is 0 Å². The molecule has 0 spiro atoms. The third-order valence-corrected chi connectivity index (χ3v) is 5.74. The van der Waals surface area contributed by atoms with Crippen molar-refractivity contribution >= 4 is 5.96 Å². The highest BCUT2D eigenvalue weighted by Crippen LogP contribution is 2.50. The van der Waals surface area contributed by atoms with Gasteiger partial charge in [-0.3, -0.25) is 4.99 Å². The van der Waals surface area contributed by atoms with E-state index in [2.05, 4.69) is 59.5 Å². The number of hydrogen-bond donors (Lipinski definition) is 2. The number of guanidine groups is 1. The molecule has 2 N–H and O–H groups in total. The van der Waals surface area contributed by atoms with Gasteiger partial charge in [0.2, 0.25) is 0 Å². The van der Waals surface area contributed by atoms with Gasteiger partial charge in [-0.25, -0.2) is 0 Å². The molecule has 0 amide bonds. The largest absolute Gasteiger partial charge is 0.496 e. The molecule has 1 saturated carbocycles.